The third kappa shape index (κ3) is 38.9. The minimum atomic E-state index is -0.787. The molecular formula is C50H93NO5. The van der Waals surface area contributed by atoms with Gasteiger partial charge in [-0.25, -0.2) is 0 Å². The zero-order chi connectivity index (χ0) is 41.0. The minimum absolute atomic E-state index is 0.0709. The molecule has 0 aromatic heterocycles. The summed E-state index contributed by atoms with van der Waals surface area (Å²) in [7, 11) is 0. The molecule has 0 aromatic rings. The number of aliphatic hydroxyl groups is 2. The highest BCUT2D eigenvalue weighted by molar-refractivity contribution is 5.77. The Morgan fingerprint density at radius 2 is 0.964 bits per heavy atom. The molecule has 1 amide bonds. The van der Waals surface area contributed by atoms with Crippen molar-refractivity contribution in [2.24, 2.45) is 0 Å². The number of ether oxygens (including phenoxy) is 1. The summed E-state index contributed by atoms with van der Waals surface area (Å²) >= 11 is 0. The summed E-state index contributed by atoms with van der Waals surface area (Å²) in [6, 6.07) is -0.701. The third-order valence-corrected chi connectivity index (χ3v) is 11.0. The van der Waals surface area contributed by atoms with Crippen molar-refractivity contribution in [3.8, 4) is 0 Å². The van der Waals surface area contributed by atoms with Crippen molar-refractivity contribution in [2.75, 3.05) is 6.61 Å². The monoisotopic (exact) mass is 788 g/mol. The van der Waals surface area contributed by atoms with Crippen molar-refractivity contribution in [1.82, 2.24) is 5.32 Å². The Morgan fingerprint density at radius 1 is 0.536 bits per heavy atom. The van der Waals surface area contributed by atoms with E-state index in [1.54, 1.807) is 0 Å². The fourth-order valence-electron chi connectivity index (χ4n) is 7.37. The molecule has 6 heteroatoms. The highest BCUT2D eigenvalue weighted by Gasteiger charge is 2.24. The maximum absolute atomic E-state index is 13.1. The standard InChI is InChI=1S/C50H93NO5/c1-4-7-10-13-16-18-20-22-23-24-25-27-28-30-33-36-39-42-48(53)47(45-52)51-49(54)44-46(41-38-35-32-15-12-9-6-3)56-50(55)43-40-37-34-31-29-26-21-19-17-14-11-8-5-2/h8,11,14,17,19,21,46-48,52-53H,4-7,9-10,12-13,15-16,18,20,22-45H2,1-3H3,(H,51,54)/b11-8+,17-14+,21-19-. The molecule has 328 valence electrons. The molecule has 0 spiro atoms. The number of esters is 1. The Hall–Kier alpha value is -1.92. The molecular weight excluding hydrogens is 695 g/mol. The summed E-state index contributed by atoms with van der Waals surface area (Å²) in [6.45, 7) is 6.32. The van der Waals surface area contributed by atoms with Crippen LogP contribution >= 0.6 is 0 Å². The fraction of sp³-hybridized carbons (Fsp3) is 0.840. The number of unbranched alkanes of at least 4 members (excludes halogenated alkanes) is 27. The van der Waals surface area contributed by atoms with Gasteiger partial charge in [0.1, 0.15) is 6.10 Å². The SMILES string of the molecule is CC/C=C/C=C/C=C\CCCCCCCC(=O)OC(CCCCCCCCC)CC(=O)NC(CO)C(O)CCCCCCCCCCCCCCCCCCC. The molecule has 3 unspecified atom stereocenters. The number of rotatable bonds is 43. The lowest BCUT2D eigenvalue weighted by molar-refractivity contribution is -0.151. The van der Waals surface area contributed by atoms with Gasteiger partial charge in [0.05, 0.1) is 25.2 Å². The van der Waals surface area contributed by atoms with Crippen LogP contribution in [0, 0.1) is 0 Å². The molecule has 0 aliphatic rings. The van der Waals surface area contributed by atoms with Crippen LogP contribution in [0.1, 0.15) is 245 Å². The molecule has 6 nitrogen and oxygen atoms in total. The van der Waals surface area contributed by atoms with Gasteiger partial charge in [0.2, 0.25) is 5.91 Å². The van der Waals surface area contributed by atoms with Crippen molar-refractivity contribution >= 4 is 11.9 Å². The first-order chi connectivity index (χ1) is 27.5. The number of aliphatic hydroxyl groups excluding tert-OH is 2. The van der Waals surface area contributed by atoms with Crippen LogP contribution in [0.2, 0.25) is 0 Å². The molecule has 3 N–H and O–H groups in total. The number of hydrogen-bond acceptors (Lipinski definition) is 5. The zero-order valence-corrected chi connectivity index (χ0v) is 37.3. The minimum Gasteiger partial charge on any atom is -0.462 e. The van der Waals surface area contributed by atoms with E-state index in [2.05, 4.69) is 62.5 Å². The van der Waals surface area contributed by atoms with Crippen molar-refractivity contribution in [2.45, 2.75) is 264 Å². The molecule has 0 aromatic carbocycles. The summed E-state index contributed by atoms with van der Waals surface area (Å²) < 4.78 is 5.87. The largest absolute Gasteiger partial charge is 0.462 e. The molecule has 0 heterocycles. The normalized spacial score (nSPS) is 13.6. The lowest BCUT2D eigenvalue weighted by Gasteiger charge is -2.24. The number of amides is 1. The van der Waals surface area contributed by atoms with Gasteiger partial charge >= 0.3 is 5.97 Å². The van der Waals surface area contributed by atoms with E-state index in [-0.39, 0.29) is 24.9 Å². The third-order valence-electron chi connectivity index (χ3n) is 11.0. The Kier molecular flexibility index (Phi) is 42.7. The van der Waals surface area contributed by atoms with Crippen LogP contribution < -0.4 is 5.32 Å². The van der Waals surface area contributed by atoms with Crippen LogP contribution in [0.3, 0.4) is 0 Å². The van der Waals surface area contributed by atoms with E-state index in [0.29, 0.717) is 19.3 Å². The summed E-state index contributed by atoms with van der Waals surface area (Å²) in [5, 5.41) is 23.7. The second-order valence-corrected chi connectivity index (χ2v) is 16.6. The van der Waals surface area contributed by atoms with Crippen LogP contribution in [-0.4, -0.2) is 46.9 Å². The Balaban J connectivity index is 4.36. The van der Waals surface area contributed by atoms with Crippen LogP contribution in [0.4, 0.5) is 0 Å². The predicted octanol–water partition coefficient (Wildman–Crippen LogP) is 14.1. The van der Waals surface area contributed by atoms with Gasteiger partial charge in [-0.3, -0.25) is 9.59 Å². The van der Waals surface area contributed by atoms with Crippen molar-refractivity contribution in [3.63, 3.8) is 0 Å². The van der Waals surface area contributed by atoms with Gasteiger partial charge in [-0.15, -0.1) is 0 Å². The summed E-state index contributed by atoms with van der Waals surface area (Å²) in [6.07, 6.45) is 50.8. The molecule has 0 fully saturated rings. The molecule has 56 heavy (non-hydrogen) atoms. The number of hydrogen-bond donors (Lipinski definition) is 3. The smallest absolute Gasteiger partial charge is 0.306 e. The lowest BCUT2D eigenvalue weighted by atomic mass is 10.0. The van der Waals surface area contributed by atoms with E-state index in [1.807, 2.05) is 0 Å². The van der Waals surface area contributed by atoms with Gasteiger partial charge in [0.25, 0.3) is 0 Å². The molecule has 0 saturated heterocycles. The molecule has 0 rings (SSSR count). The number of carbonyl (C=O) groups excluding carboxylic acids is 2. The molecule has 3 atom stereocenters. The van der Waals surface area contributed by atoms with Gasteiger partial charge < -0.3 is 20.3 Å². The van der Waals surface area contributed by atoms with E-state index >= 15 is 0 Å². The predicted molar refractivity (Wildman–Crippen MR) is 241 cm³/mol. The average molecular weight is 788 g/mol. The van der Waals surface area contributed by atoms with Crippen LogP contribution in [0.25, 0.3) is 0 Å². The van der Waals surface area contributed by atoms with E-state index in [1.165, 1.54) is 122 Å². The number of nitrogens with one attached hydrogen (secondary N) is 1. The maximum Gasteiger partial charge on any atom is 0.306 e. The van der Waals surface area contributed by atoms with E-state index in [9.17, 15) is 19.8 Å². The first kappa shape index (κ1) is 54.1. The molecule has 0 bridgehead atoms. The topological polar surface area (TPSA) is 95.9 Å². The van der Waals surface area contributed by atoms with Crippen LogP contribution in [-0.2, 0) is 14.3 Å². The Morgan fingerprint density at radius 3 is 1.45 bits per heavy atom. The second kappa shape index (κ2) is 44.2. The Bertz CT molecular complexity index is 930. The lowest BCUT2D eigenvalue weighted by Crippen LogP contribution is -2.46. The van der Waals surface area contributed by atoms with Gasteiger partial charge in [-0.05, 0) is 44.9 Å². The maximum atomic E-state index is 13.1. The molecule has 0 radical (unpaired) electrons. The Labute approximate surface area is 347 Å². The quantitative estimate of drug-likeness (QED) is 0.0325. The van der Waals surface area contributed by atoms with Gasteiger partial charge in [0.15, 0.2) is 0 Å². The highest BCUT2D eigenvalue weighted by atomic mass is 16.5. The summed E-state index contributed by atoms with van der Waals surface area (Å²) in [5.74, 6) is -0.497. The van der Waals surface area contributed by atoms with Crippen molar-refractivity contribution in [1.29, 1.82) is 0 Å². The molecule has 0 aliphatic carbocycles. The first-order valence-electron chi connectivity index (χ1n) is 24.2. The van der Waals surface area contributed by atoms with E-state index < -0.39 is 18.2 Å². The van der Waals surface area contributed by atoms with Crippen molar-refractivity contribution < 1.29 is 24.5 Å². The summed E-state index contributed by atoms with van der Waals surface area (Å²) in [4.78, 5) is 25.9. The average Bonchev–Trinajstić information content (AvgIpc) is 3.19. The van der Waals surface area contributed by atoms with Gasteiger partial charge in [-0.1, -0.05) is 224 Å². The summed E-state index contributed by atoms with van der Waals surface area (Å²) in [5.41, 5.74) is 0. The van der Waals surface area contributed by atoms with Gasteiger partial charge in [0, 0.05) is 6.42 Å². The number of carbonyl (C=O) groups is 2. The number of allylic oxidation sites excluding steroid dienone is 6. The van der Waals surface area contributed by atoms with E-state index in [4.69, 9.17) is 4.74 Å². The highest BCUT2D eigenvalue weighted by Crippen LogP contribution is 2.18. The van der Waals surface area contributed by atoms with Crippen LogP contribution in [0.15, 0.2) is 36.5 Å². The van der Waals surface area contributed by atoms with E-state index in [0.717, 1.165) is 77.0 Å². The first-order valence-corrected chi connectivity index (χ1v) is 24.2. The van der Waals surface area contributed by atoms with Crippen molar-refractivity contribution in [3.05, 3.63) is 36.5 Å². The second-order valence-electron chi connectivity index (χ2n) is 16.6. The van der Waals surface area contributed by atoms with Gasteiger partial charge in [-0.2, -0.15) is 0 Å². The zero-order valence-electron chi connectivity index (χ0n) is 37.3. The molecule has 0 aliphatic heterocycles. The molecule has 0 saturated carbocycles. The van der Waals surface area contributed by atoms with Crippen LogP contribution in [0.5, 0.6) is 0 Å². The fourth-order valence-corrected chi connectivity index (χ4v) is 7.37.